The lowest BCUT2D eigenvalue weighted by molar-refractivity contribution is -0.844. The van der Waals surface area contributed by atoms with E-state index in [1.807, 2.05) is 0 Å². The number of nitrogens with zero attached hydrogens (tertiary/aromatic N) is 2. The molecule has 12 heavy (non-hydrogen) atoms. The van der Waals surface area contributed by atoms with Gasteiger partial charge in [0.05, 0.1) is 9.27 Å². The third-order valence-electron chi connectivity index (χ3n) is 1.59. The summed E-state index contributed by atoms with van der Waals surface area (Å²) in [6.45, 7) is 0. The fourth-order valence-electron chi connectivity index (χ4n) is 1.03. The normalized spacial score (nSPS) is 10.5. The Morgan fingerprint density at radius 1 is 1.25 bits per heavy atom. The Kier molecular flexibility index (Phi) is 1.46. The van der Waals surface area contributed by atoms with Gasteiger partial charge in [-0.3, -0.25) is 0 Å². The van der Waals surface area contributed by atoms with E-state index in [-0.39, 0.29) is 10.3 Å². The summed E-state index contributed by atoms with van der Waals surface area (Å²) in [5.41, 5.74) is 0.568. The van der Waals surface area contributed by atoms with E-state index in [1.54, 1.807) is 18.2 Å². The van der Waals surface area contributed by atoms with E-state index in [1.165, 1.54) is 6.07 Å². The molecular formula is C8H5F2N2+. The van der Waals surface area contributed by atoms with Crippen LogP contribution in [-0.2, 0) is 0 Å². The van der Waals surface area contributed by atoms with E-state index in [9.17, 15) is 8.87 Å². The van der Waals surface area contributed by atoms with Gasteiger partial charge in [-0.2, -0.15) is 0 Å². The second-order valence-corrected chi connectivity index (χ2v) is 2.35. The number of aromatic nitrogens is 2. The molecule has 0 aliphatic heterocycles. The first-order valence-corrected chi connectivity index (χ1v) is 3.40. The summed E-state index contributed by atoms with van der Waals surface area (Å²) in [5.74, 6) is -0.992. The molecule has 1 heterocycles. The summed E-state index contributed by atoms with van der Waals surface area (Å²) < 4.78 is 25.5. The van der Waals surface area contributed by atoms with E-state index in [0.717, 1.165) is 6.20 Å². The van der Waals surface area contributed by atoms with Crippen LogP contribution in [0.2, 0.25) is 0 Å². The number of fused-ring (bicyclic) bond motifs is 1. The van der Waals surface area contributed by atoms with Crippen LogP contribution in [-0.4, -0.2) is 4.98 Å². The van der Waals surface area contributed by atoms with E-state index < -0.39 is 5.95 Å². The van der Waals surface area contributed by atoms with Crippen molar-refractivity contribution in [2.24, 2.45) is 0 Å². The summed E-state index contributed by atoms with van der Waals surface area (Å²) in [7, 11) is 0. The molecule has 0 bridgehead atoms. The zero-order valence-corrected chi connectivity index (χ0v) is 6.04. The summed E-state index contributed by atoms with van der Waals surface area (Å²) in [6.07, 6.45) is 0.850. The van der Waals surface area contributed by atoms with E-state index in [4.69, 9.17) is 0 Å². The molecule has 0 N–H and O–H groups in total. The number of rotatable bonds is 0. The first-order valence-electron chi connectivity index (χ1n) is 3.40. The zero-order valence-electron chi connectivity index (χ0n) is 6.04. The van der Waals surface area contributed by atoms with Gasteiger partial charge < -0.3 is 0 Å². The van der Waals surface area contributed by atoms with Crippen molar-refractivity contribution in [3.63, 3.8) is 0 Å². The van der Waals surface area contributed by atoms with Crippen LogP contribution in [0.5, 0.6) is 0 Å². The molecule has 0 radical (unpaired) electrons. The van der Waals surface area contributed by atoms with Crippen LogP contribution in [0.1, 0.15) is 0 Å². The second kappa shape index (κ2) is 2.48. The molecule has 0 fully saturated rings. The highest BCUT2D eigenvalue weighted by atomic mass is 19.2. The molecule has 2 aromatic rings. The molecule has 0 saturated heterocycles. The van der Waals surface area contributed by atoms with Crippen molar-refractivity contribution >= 4 is 11.0 Å². The average molecular weight is 167 g/mol. The van der Waals surface area contributed by atoms with Crippen molar-refractivity contribution in [3.05, 3.63) is 36.4 Å². The maximum atomic E-state index is 12.9. The smallest absolute Gasteiger partial charge is 0.240 e. The predicted octanol–water partition coefficient (Wildman–Crippen LogP) is 1.39. The molecule has 0 saturated carbocycles. The molecule has 1 aromatic heterocycles. The van der Waals surface area contributed by atoms with Gasteiger partial charge in [-0.1, -0.05) is 12.1 Å². The van der Waals surface area contributed by atoms with Crippen LogP contribution in [0.25, 0.3) is 11.0 Å². The molecule has 0 aliphatic rings. The summed E-state index contributed by atoms with van der Waals surface area (Å²) in [4.78, 5) is 3.68. The number of hydrogen-bond acceptors (Lipinski definition) is 1. The number of benzene rings is 1. The van der Waals surface area contributed by atoms with Gasteiger partial charge in [0.2, 0.25) is 0 Å². The quantitative estimate of drug-likeness (QED) is 0.579. The van der Waals surface area contributed by atoms with Gasteiger partial charge in [0.1, 0.15) is 11.7 Å². The van der Waals surface area contributed by atoms with Crippen molar-refractivity contribution < 1.29 is 13.7 Å². The van der Waals surface area contributed by atoms with Crippen LogP contribution < -0.4 is 4.79 Å². The molecule has 0 aliphatic carbocycles. The average Bonchev–Trinajstić information content (AvgIpc) is 2.12. The fourth-order valence-corrected chi connectivity index (χ4v) is 1.03. The number of halogens is 2. The zero-order chi connectivity index (χ0) is 8.55. The number of hydrogen-bond donors (Lipinski definition) is 0. The van der Waals surface area contributed by atoms with Crippen molar-refractivity contribution in [1.29, 1.82) is 0 Å². The molecule has 2 rings (SSSR count). The van der Waals surface area contributed by atoms with Crippen molar-refractivity contribution in [3.8, 4) is 0 Å². The topological polar surface area (TPSA) is 16.8 Å². The largest absolute Gasteiger partial charge is 0.424 e. The van der Waals surface area contributed by atoms with Gasteiger partial charge >= 0.3 is 5.95 Å². The minimum absolute atomic E-state index is 0.0255. The summed E-state index contributed by atoms with van der Waals surface area (Å²) >= 11 is 0. The lowest BCUT2D eigenvalue weighted by atomic mass is 10.3. The van der Waals surface area contributed by atoms with E-state index in [2.05, 4.69) is 4.98 Å². The van der Waals surface area contributed by atoms with Gasteiger partial charge in [0.25, 0.3) is 5.52 Å². The predicted molar refractivity (Wildman–Crippen MR) is 38.4 cm³/mol. The molecule has 2 nitrogen and oxygen atoms in total. The van der Waals surface area contributed by atoms with Gasteiger partial charge in [-0.25, -0.2) is 4.98 Å². The Hall–Kier alpha value is -1.58. The molecule has 0 unspecified atom stereocenters. The van der Waals surface area contributed by atoms with E-state index in [0.29, 0.717) is 5.52 Å². The summed E-state index contributed by atoms with van der Waals surface area (Å²) in [6, 6.07) is 6.42. The Balaban J connectivity index is 2.91. The maximum absolute atomic E-state index is 12.9. The molecule has 0 atom stereocenters. The fraction of sp³-hybridized carbons (Fsp3) is 0. The Bertz CT molecular complexity index is 428. The van der Waals surface area contributed by atoms with Crippen molar-refractivity contribution in [2.75, 3.05) is 0 Å². The molecule has 4 heteroatoms. The maximum Gasteiger partial charge on any atom is 0.424 e. The monoisotopic (exact) mass is 167 g/mol. The van der Waals surface area contributed by atoms with Crippen LogP contribution in [0.3, 0.4) is 0 Å². The molecular weight excluding hydrogens is 162 g/mol. The van der Waals surface area contributed by atoms with Crippen LogP contribution in [0.15, 0.2) is 30.5 Å². The standard InChI is InChI=1S/C8H5F2N2/c9-8-5-11-6-3-1-2-4-7(6)12(8)10/h1-5H/q+1. The highest BCUT2D eigenvalue weighted by Crippen LogP contribution is 2.05. The minimum Gasteiger partial charge on any atom is -0.240 e. The molecule has 1 aromatic carbocycles. The lowest BCUT2D eigenvalue weighted by Gasteiger charge is -1.89. The third-order valence-corrected chi connectivity index (χ3v) is 1.59. The van der Waals surface area contributed by atoms with Gasteiger partial charge in [-0.15, -0.1) is 4.39 Å². The van der Waals surface area contributed by atoms with E-state index >= 15 is 0 Å². The second-order valence-electron chi connectivity index (χ2n) is 2.35. The molecule has 60 valence electrons. The Morgan fingerprint density at radius 3 is 2.83 bits per heavy atom. The van der Waals surface area contributed by atoms with Crippen molar-refractivity contribution in [2.45, 2.75) is 0 Å². The van der Waals surface area contributed by atoms with Gasteiger partial charge in [0, 0.05) is 6.07 Å². The third kappa shape index (κ3) is 0.922. The highest BCUT2D eigenvalue weighted by Gasteiger charge is 2.16. The first-order chi connectivity index (χ1) is 5.79. The van der Waals surface area contributed by atoms with Crippen LogP contribution in [0.4, 0.5) is 8.87 Å². The highest BCUT2D eigenvalue weighted by molar-refractivity contribution is 5.69. The SMILES string of the molecule is Fc1cnc2ccccc2[n+]1F. The number of para-hydroxylation sites is 2. The molecule has 0 spiro atoms. The molecule has 0 amide bonds. The van der Waals surface area contributed by atoms with Crippen LogP contribution >= 0.6 is 0 Å². The first kappa shape index (κ1) is 7.09. The minimum atomic E-state index is -0.992. The van der Waals surface area contributed by atoms with Crippen molar-refractivity contribution in [1.82, 2.24) is 4.98 Å². The van der Waals surface area contributed by atoms with Crippen LogP contribution in [0, 0.1) is 5.95 Å². The summed E-state index contributed by atoms with van der Waals surface area (Å²) in [5, 5.41) is 0. The Labute approximate surface area is 67.0 Å². The van der Waals surface area contributed by atoms with Gasteiger partial charge in [0.15, 0.2) is 0 Å². The van der Waals surface area contributed by atoms with Gasteiger partial charge in [-0.05, 0) is 6.07 Å². The lowest BCUT2D eigenvalue weighted by Crippen LogP contribution is -2.28. The Morgan fingerprint density at radius 2 is 2.00 bits per heavy atom.